The number of nitrogens with zero attached hydrogens (tertiary/aromatic N) is 2. The number of aliphatic carboxylic acids is 1. The zero-order chi connectivity index (χ0) is 11.4. The summed E-state index contributed by atoms with van der Waals surface area (Å²) < 4.78 is 0. The molecule has 0 saturated carbocycles. The van der Waals surface area contributed by atoms with Crippen LogP contribution in [0.2, 0.25) is 0 Å². The van der Waals surface area contributed by atoms with Gasteiger partial charge in [-0.2, -0.15) is 0 Å². The van der Waals surface area contributed by atoms with Crippen molar-refractivity contribution in [3.8, 4) is 0 Å². The zero-order valence-corrected chi connectivity index (χ0v) is 9.22. The van der Waals surface area contributed by atoms with E-state index in [4.69, 9.17) is 10.4 Å². The van der Waals surface area contributed by atoms with Crippen LogP contribution in [0.5, 0.6) is 0 Å². The molecule has 1 rings (SSSR count). The van der Waals surface area contributed by atoms with E-state index in [-0.39, 0.29) is 24.8 Å². The molecule has 1 heterocycles. The van der Waals surface area contributed by atoms with Gasteiger partial charge in [-0.1, -0.05) is 0 Å². The van der Waals surface area contributed by atoms with Crippen molar-refractivity contribution < 1.29 is 20.0 Å². The summed E-state index contributed by atoms with van der Waals surface area (Å²) in [5.41, 5.74) is 2.62. The van der Waals surface area contributed by atoms with Gasteiger partial charge < -0.3 is 5.11 Å². The fourth-order valence-electron chi connectivity index (χ4n) is 1.59. The standard InChI is InChI=1S/C7H15N3O4S/c1-9-5(2-3-14-13)10(4-6(11)12)7(15)8-9/h5,7-8,13,15H,2-4H2,1H3,(H,11,12). The average molecular weight is 237 g/mol. The van der Waals surface area contributed by atoms with Gasteiger partial charge in [0.05, 0.1) is 12.8 Å². The molecule has 2 unspecified atom stereocenters. The molecule has 1 aliphatic rings. The molecule has 0 aromatic heterocycles. The van der Waals surface area contributed by atoms with Gasteiger partial charge in [0, 0.05) is 13.5 Å². The predicted octanol–water partition coefficient (Wildman–Crippen LogP) is -0.758. The van der Waals surface area contributed by atoms with Crippen LogP contribution in [-0.4, -0.2) is 58.1 Å². The van der Waals surface area contributed by atoms with E-state index in [1.807, 2.05) is 0 Å². The first kappa shape index (κ1) is 12.7. The summed E-state index contributed by atoms with van der Waals surface area (Å²) in [6.45, 7) is 0.0366. The molecule has 0 aromatic carbocycles. The molecule has 15 heavy (non-hydrogen) atoms. The monoisotopic (exact) mass is 237 g/mol. The third kappa shape index (κ3) is 3.30. The first-order chi connectivity index (χ1) is 7.06. The minimum absolute atomic E-state index is 0.110. The maximum Gasteiger partial charge on any atom is 0.317 e. The second-order valence-electron chi connectivity index (χ2n) is 3.28. The molecule has 1 aliphatic heterocycles. The summed E-state index contributed by atoms with van der Waals surface area (Å²) in [6.07, 6.45) is 0.334. The highest BCUT2D eigenvalue weighted by molar-refractivity contribution is 7.80. The van der Waals surface area contributed by atoms with Gasteiger partial charge in [0.2, 0.25) is 0 Å². The van der Waals surface area contributed by atoms with Crippen LogP contribution in [-0.2, 0) is 9.68 Å². The number of hydrogen-bond donors (Lipinski definition) is 4. The Bertz CT molecular complexity index is 230. The summed E-state index contributed by atoms with van der Waals surface area (Å²) in [4.78, 5) is 16.3. The van der Waals surface area contributed by atoms with Crippen molar-refractivity contribution in [2.24, 2.45) is 0 Å². The molecule has 0 spiro atoms. The van der Waals surface area contributed by atoms with Crippen LogP contribution in [0.1, 0.15) is 6.42 Å². The molecule has 1 fully saturated rings. The first-order valence-electron chi connectivity index (χ1n) is 4.47. The molecule has 0 aromatic rings. The lowest BCUT2D eigenvalue weighted by molar-refractivity contribution is -0.245. The van der Waals surface area contributed by atoms with Crippen LogP contribution in [0, 0.1) is 0 Å². The molecule has 1 saturated heterocycles. The minimum Gasteiger partial charge on any atom is -0.480 e. The highest BCUT2D eigenvalue weighted by Gasteiger charge is 2.36. The van der Waals surface area contributed by atoms with Crippen molar-refractivity contribution in [1.29, 1.82) is 0 Å². The molecule has 88 valence electrons. The fourth-order valence-corrected chi connectivity index (χ4v) is 2.01. The van der Waals surface area contributed by atoms with Crippen molar-refractivity contribution in [2.45, 2.75) is 18.1 Å². The van der Waals surface area contributed by atoms with Crippen molar-refractivity contribution in [3.63, 3.8) is 0 Å². The minimum atomic E-state index is -0.916. The first-order valence-corrected chi connectivity index (χ1v) is 4.99. The van der Waals surface area contributed by atoms with E-state index < -0.39 is 5.97 Å². The quantitative estimate of drug-likeness (QED) is 0.284. The summed E-state index contributed by atoms with van der Waals surface area (Å²) in [5.74, 6) is -0.916. The van der Waals surface area contributed by atoms with Crippen molar-refractivity contribution in [3.05, 3.63) is 0 Å². The SMILES string of the molecule is CN1NC(S)N(CC(=O)O)C1CCOO. The Labute approximate surface area is 92.9 Å². The second kappa shape index (κ2) is 5.64. The van der Waals surface area contributed by atoms with E-state index >= 15 is 0 Å². The molecule has 2 atom stereocenters. The fraction of sp³-hybridized carbons (Fsp3) is 0.857. The van der Waals surface area contributed by atoms with Crippen LogP contribution in [0.3, 0.4) is 0 Å². The number of carbonyl (C=O) groups is 1. The third-order valence-corrected chi connectivity index (χ3v) is 2.66. The lowest BCUT2D eigenvalue weighted by Crippen LogP contribution is -2.42. The number of thiol groups is 1. The van der Waals surface area contributed by atoms with Crippen molar-refractivity contribution in [2.75, 3.05) is 20.2 Å². The zero-order valence-electron chi connectivity index (χ0n) is 8.33. The van der Waals surface area contributed by atoms with Gasteiger partial charge in [-0.25, -0.2) is 15.3 Å². The Balaban J connectivity index is 2.58. The second-order valence-corrected chi connectivity index (χ2v) is 3.77. The van der Waals surface area contributed by atoms with Crippen molar-refractivity contribution >= 4 is 18.6 Å². The third-order valence-electron chi connectivity index (χ3n) is 2.25. The Morgan fingerprint density at radius 3 is 2.87 bits per heavy atom. The van der Waals surface area contributed by atoms with Gasteiger partial charge in [-0.05, 0) is 0 Å². The van der Waals surface area contributed by atoms with E-state index in [1.165, 1.54) is 0 Å². The maximum absolute atomic E-state index is 10.6. The highest BCUT2D eigenvalue weighted by atomic mass is 32.1. The van der Waals surface area contributed by atoms with Crippen LogP contribution in [0.25, 0.3) is 0 Å². The molecule has 3 N–H and O–H groups in total. The van der Waals surface area contributed by atoms with Crippen LogP contribution >= 0.6 is 12.6 Å². The van der Waals surface area contributed by atoms with Crippen LogP contribution in [0.4, 0.5) is 0 Å². The molecule has 8 heteroatoms. The van der Waals surface area contributed by atoms with Gasteiger partial charge >= 0.3 is 5.97 Å². The number of carboxylic acid groups (broad SMARTS) is 1. The lowest BCUT2D eigenvalue weighted by atomic mass is 10.3. The van der Waals surface area contributed by atoms with Crippen LogP contribution in [0.15, 0.2) is 0 Å². The molecule has 0 aliphatic carbocycles. The average Bonchev–Trinajstić information content (AvgIpc) is 2.39. The summed E-state index contributed by atoms with van der Waals surface area (Å²) in [6, 6.07) is 0. The van der Waals surface area contributed by atoms with E-state index in [9.17, 15) is 4.79 Å². The number of carboxylic acids is 1. The highest BCUT2D eigenvalue weighted by Crippen LogP contribution is 2.19. The molecule has 0 radical (unpaired) electrons. The van der Waals surface area contributed by atoms with Gasteiger partial charge in [0.15, 0.2) is 0 Å². The van der Waals surface area contributed by atoms with Gasteiger partial charge in [-0.3, -0.25) is 15.0 Å². The summed E-state index contributed by atoms with van der Waals surface area (Å²) in [7, 11) is 1.78. The maximum atomic E-state index is 10.6. The van der Waals surface area contributed by atoms with E-state index in [1.54, 1.807) is 17.0 Å². The Morgan fingerprint density at radius 1 is 1.67 bits per heavy atom. The largest absolute Gasteiger partial charge is 0.480 e. The molecular weight excluding hydrogens is 222 g/mol. The van der Waals surface area contributed by atoms with Crippen LogP contribution < -0.4 is 5.43 Å². The number of rotatable bonds is 5. The topological polar surface area (TPSA) is 85.3 Å². The smallest absolute Gasteiger partial charge is 0.317 e. The molecular formula is C7H15N3O4S. The molecule has 7 nitrogen and oxygen atoms in total. The Kier molecular flexibility index (Phi) is 4.77. The van der Waals surface area contributed by atoms with E-state index in [0.717, 1.165) is 0 Å². The summed E-state index contributed by atoms with van der Waals surface area (Å²) in [5, 5.41) is 18.7. The molecule has 0 bridgehead atoms. The van der Waals surface area contributed by atoms with E-state index in [2.05, 4.69) is 22.9 Å². The summed E-state index contributed by atoms with van der Waals surface area (Å²) >= 11 is 4.21. The number of hydrogen-bond acceptors (Lipinski definition) is 7. The normalized spacial score (nSPS) is 28.5. The molecule has 0 amide bonds. The number of hydrazine groups is 1. The predicted molar refractivity (Wildman–Crippen MR) is 55.0 cm³/mol. The lowest BCUT2D eigenvalue weighted by Gasteiger charge is -2.25. The number of nitrogens with one attached hydrogen (secondary N) is 1. The van der Waals surface area contributed by atoms with E-state index in [0.29, 0.717) is 6.42 Å². The van der Waals surface area contributed by atoms with Crippen molar-refractivity contribution in [1.82, 2.24) is 15.3 Å². The Hall–Kier alpha value is -0.380. The Morgan fingerprint density at radius 2 is 2.33 bits per heavy atom. The van der Waals surface area contributed by atoms with Gasteiger partial charge in [0.1, 0.15) is 12.0 Å². The van der Waals surface area contributed by atoms with Gasteiger partial charge in [-0.15, -0.1) is 12.6 Å². The van der Waals surface area contributed by atoms with Gasteiger partial charge in [0.25, 0.3) is 0 Å².